The summed E-state index contributed by atoms with van der Waals surface area (Å²) in [4.78, 5) is 21.4. The Balaban J connectivity index is 2.63. The van der Waals surface area contributed by atoms with Crippen LogP contribution < -0.4 is 0 Å². The lowest BCUT2D eigenvalue weighted by atomic mass is 10.1. The first-order valence-corrected chi connectivity index (χ1v) is 5.09. The van der Waals surface area contributed by atoms with Gasteiger partial charge in [-0.1, -0.05) is 12.1 Å². The number of carbonyl (C=O) groups is 2. The van der Waals surface area contributed by atoms with Crippen molar-refractivity contribution in [2.75, 3.05) is 13.2 Å². The second-order valence-electron chi connectivity index (χ2n) is 3.14. The van der Waals surface area contributed by atoms with Crippen LogP contribution in [0.2, 0.25) is 0 Å². The normalized spacial score (nSPS) is 9.56. The number of hydrogen-bond acceptors (Lipinski definition) is 4. The van der Waals surface area contributed by atoms with Gasteiger partial charge in [0.2, 0.25) is 0 Å². The number of ether oxygens (including phenoxy) is 2. The molecule has 16 heavy (non-hydrogen) atoms. The maximum absolute atomic E-state index is 11.4. The predicted molar refractivity (Wildman–Crippen MR) is 58.1 cm³/mol. The highest BCUT2D eigenvalue weighted by atomic mass is 16.5. The Hall–Kier alpha value is -1.84. The summed E-state index contributed by atoms with van der Waals surface area (Å²) in [7, 11) is 0. The molecule has 0 saturated carbocycles. The molecule has 4 heteroatoms. The molecule has 0 atom stereocenters. The van der Waals surface area contributed by atoms with E-state index in [2.05, 4.69) is 4.74 Å². The van der Waals surface area contributed by atoms with Gasteiger partial charge < -0.3 is 9.47 Å². The molecular weight excluding hydrogens is 208 g/mol. The Morgan fingerprint density at radius 1 is 1.44 bits per heavy atom. The van der Waals surface area contributed by atoms with Gasteiger partial charge in [0.1, 0.15) is 0 Å². The molecule has 4 nitrogen and oxygen atoms in total. The summed E-state index contributed by atoms with van der Waals surface area (Å²) in [6, 6.07) is 7.09. The maximum atomic E-state index is 11.4. The van der Waals surface area contributed by atoms with Gasteiger partial charge in [0, 0.05) is 6.42 Å². The van der Waals surface area contributed by atoms with Gasteiger partial charge in [-0.2, -0.15) is 0 Å². The van der Waals surface area contributed by atoms with Crippen molar-refractivity contribution in [3.63, 3.8) is 0 Å². The molecule has 0 heterocycles. The van der Waals surface area contributed by atoms with Gasteiger partial charge in [-0.15, -0.1) is 0 Å². The molecule has 1 aromatic rings. The lowest BCUT2D eigenvalue weighted by Crippen LogP contribution is -2.05. The van der Waals surface area contributed by atoms with Gasteiger partial charge in [-0.3, -0.25) is 4.79 Å². The third-order valence-corrected chi connectivity index (χ3v) is 2.01. The van der Waals surface area contributed by atoms with E-state index in [1.54, 1.807) is 25.1 Å². The highest BCUT2D eigenvalue weighted by molar-refractivity contribution is 5.89. The molecule has 0 radical (unpaired) electrons. The predicted octanol–water partition coefficient (Wildman–Crippen LogP) is 1.58. The topological polar surface area (TPSA) is 52.6 Å². The number of esters is 1. The Labute approximate surface area is 94.2 Å². The minimum Gasteiger partial charge on any atom is -0.468 e. The standard InChI is InChI=1S/C12H14O4/c1-2-16-12(14)11-5-3-4-10(8-11)6-7-15-9-13/h3-5,8-9H,2,6-7H2,1H3. The summed E-state index contributed by atoms with van der Waals surface area (Å²) in [6.45, 7) is 2.85. The Morgan fingerprint density at radius 3 is 2.94 bits per heavy atom. The quantitative estimate of drug-likeness (QED) is 0.416. The van der Waals surface area contributed by atoms with E-state index >= 15 is 0 Å². The number of hydrogen-bond donors (Lipinski definition) is 0. The Kier molecular flexibility index (Phi) is 5.05. The minimum absolute atomic E-state index is 0.315. The molecule has 0 fully saturated rings. The summed E-state index contributed by atoms with van der Waals surface area (Å²) in [5, 5.41) is 0. The van der Waals surface area contributed by atoms with Crippen LogP contribution in [0.15, 0.2) is 24.3 Å². The van der Waals surface area contributed by atoms with Crippen LogP contribution >= 0.6 is 0 Å². The Bertz CT molecular complexity index is 360. The average molecular weight is 222 g/mol. The first-order chi connectivity index (χ1) is 7.77. The minimum atomic E-state index is -0.333. The molecule has 0 spiro atoms. The second-order valence-corrected chi connectivity index (χ2v) is 3.14. The maximum Gasteiger partial charge on any atom is 0.338 e. The average Bonchev–Trinajstić information content (AvgIpc) is 2.30. The highest BCUT2D eigenvalue weighted by Crippen LogP contribution is 2.07. The second kappa shape index (κ2) is 6.61. The summed E-state index contributed by atoms with van der Waals surface area (Å²) in [5.41, 5.74) is 1.46. The van der Waals surface area contributed by atoms with E-state index in [9.17, 15) is 9.59 Å². The fourth-order valence-electron chi connectivity index (χ4n) is 1.29. The summed E-state index contributed by atoms with van der Waals surface area (Å²) >= 11 is 0. The van der Waals surface area contributed by atoms with Crippen LogP contribution in [0.25, 0.3) is 0 Å². The molecule has 1 rings (SSSR count). The van der Waals surface area contributed by atoms with Crippen molar-refractivity contribution in [1.82, 2.24) is 0 Å². The van der Waals surface area contributed by atoms with Crippen molar-refractivity contribution < 1.29 is 19.1 Å². The largest absolute Gasteiger partial charge is 0.468 e. The van der Waals surface area contributed by atoms with E-state index in [0.29, 0.717) is 31.7 Å². The molecule has 0 aromatic heterocycles. The van der Waals surface area contributed by atoms with Crippen LogP contribution in [0.3, 0.4) is 0 Å². The summed E-state index contributed by atoms with van der Waals surface area (Å²) < 4.78 is 9.47. The summed E-state index contributed by atoms with van der Waals surface area (Å²) in [6.07, 6.45) is 0.589. The van der Waals surface area contributed by atoms with Gasteiger partial charge >= 0.3 is 5.97 Å². The highest BCUT2D eigenvalue weighted by Gasteiger charge is 2.06. The van der Waals surface area contributed by atoms with Crippen LogP contribution in [0.5, 0.6) is 0 Å². The van der Waals surface area contributed by atoms with Crippen LogP contribution in [-0.2, 0) is 20.7 Å². The zero-order valence-electron chi connectivity index (χ0n) is 9.14. The van der Waals surface area contributed by atoms with Crippen LogP contribution in [0, 0.1) is 0 Å². The van der Waals surface area contributed by atoms with Gasteiger partial charge in [-0.25, -0.2) is 4.79 Å². The van der Waals surface area contributed by atoms with Crippen LogP contribution in [0.4, 0.5) is 0 Å². The fourth-order valence-corrected chi connectivity index (χ4v) is 1.29. The third kappa shape index (κ3) is 3.73. The SMILES string of the molecule is CCOC(=O)c1cccc(CCOC=O)c1. The van der Waals surface area contributed by atoms with Gasteiger partial charge in [0.05, 0.1) is 18.8 Å². The number of carbonyl (C=O) groups excluding carboxylic acids is 2. The molecule has 0 bridgehead atoms. The first kappa shape index (κ1) is 12.2. The van der Waals surface area contributed by atoms with Crippen molar-refractivity contribution >= 4 is 12.4 Å². The summed E-state index contributed by atoms with van der Waals surface area (Å²) in [5.74, 6) is -0.333. The smallest absolute Gasteiger partial charge is 0.338 e. The number of rotatable bonds is 6. The molecule has 0 aliphatic heterocycles. The zero-order valence-corrected chi connectivity index (χ0v) is 9.14. The lowest BCUT2D eigenvalue weighted by Gasteiger charge is -2.04. The molecular formula is C12H14O4. The number of benzene rings is 1. The van der Waals surface area contributed by atoms with E-state index in [1.807, 2.05) is 6.07 Å². The van der Waals surface area contributed by atoms with Gasteiger partial charge in [-0.05, 0) is 24.6 Å². The van der Waals surface area contributed by atoms with Crippen molar-refractivity contribution in [1.29, 1.82) is 0 Å². The molecule has 0 amide bonds. The van der Waals surface area contributed by atoms with Gasteiger partial charge in [0.15, 0.2) is 0 Å². The molecule has 0 aliphatic carbocycles. The van der Waals surface area contributed by atoms with Crippen molar-refractivity contribution in [3.05, 3.63) is 35.4 Å². The Morgan fingerprint density at radius 2 is 2.25 bits per heavy atom. The van der Waals surface area contributed by atoms with Crippen LogP contribution in [-0.4, -0.2) is 25.7 Å². The van der Waals surface area contributed by atoms with E-state index < -0.39 is 0 Å². The fraction of sp³-hybridized carbons (Fsp3) is 0.333. The van der Waals surface area contributed by atoms with E-state index in [0.717, 1.165) is 5.56 Å². The van der Waals surface area contributed by atoms with Crippen molar-refractivity contribution in [2.24, 2.45) is 0 Å². The lowest BCUT2D eigenvalue weighted by molar-refractivity contribution is -0.128. The molecule has 0 unspecified atom stereocenters. The monoisotopic (exact) mass is 222 g/mol. The molecule has 0 N–H and O–H groups in total. The van der Waals surface area contributed by atoms with E-state index in [-0.39, 0.29) is 5.97 Å². The third-order valence-electron chi connectivity index (χ3n) is 2.01. The van der Waals surface area contributed by atoms with Gasteiger partial charge in [0.25, 0.3) is 6.47 Å². The first-order valence-electron chi connectivity index (χ1n) is 5.09. The van der Waals surface area contributed by atoms with Crippen molar-refractivity contribution in [3.8, 4) is 0 Å². The van der Waals surface area contributed by atoms with E-state index in [1.165, 1.54) is 0 Å². The molecule has 0 aliphatic rings. The molecule has 1 aromatic carbocycles. The zero-order chi connectivity index (χ0) is 11.8. The molecule has 0 saturated heterocycles. The van der Waals surface area contributed by atoms with Crippen LogP contribution in [0.1, 0.15) is 22.8 Å². The van der Waals surface area contributed by atoms with E-state index in [4.69, 9.17) is 4.74 Å². The molecule has 86 valence electrons. The van der Waals surface area contributed by atoms with Crippen molar-refractivity contribution in [2.45, 2.75) is 13.3 Å².